The Morgan fingerprint density at radius 1 is 1.16 bits per heavy atom. The van der Waals surface area contributed by atoms with Gasteiger partial charge in [-0.1, -0.05) is 11.2 Å². The summed E-state index contributed by atoms with van der Waals surface area (Å²) in [7, 11) is 0. The highest BCUT2D eigenvalue weighted by atomic mass is 16.4. The second-order valence-corrected chi connectivity index (χ2v) is 9.15. The number of amides is 1. The van der Waals surface area contributed by atoms with Crippen molar-refractivity contribution in [3.8, 4) is 17.1 Å². The molecule has 0 atom stereocenters. The first-order chi connectivity index (χ1) is 15.2. The largest absolute Gasteiger partial charge is 0.403 e. The lowest BCUT2D eigenvalue weighted by molar-refractivity contribution is -0.130. The van der Waals surface area contributed by atoms with Gasteiger partial charge in [0.25, 0.3) is 0 Å². The van der Waals surface area contributed by atoms with Gasteiger partial charge in [0.2, 0.25) is 11.8 Å². The molecule has 0 bridgehead atoms. The summed E-state index contributed by atoms with van der Waals surface area (Å²) in [5.41, 5.74) is 3.75. The van der Waals surface area contributed by atoms with Gasteiger partial charge >= 0.3 is 6.01 Å². The molecular weight excluding hydrogens is 392 g/mol. The fourth-order valence-corrected chi connectivity index (χ4v) is 4.61. The van der Waals surface area contributed by atoms with Crippen molar-refractivity contribution in [3.05, 3.63) is 42.2 Å². The summed E-state index contributed by atoms with van der Waals surface area (Å²) in [6.07, 6.45) is 11.1. The predicted molar refractivity (Wildman–Crippen MR) is 115 cm³/mol. The van der Waals surface area contributed by atoms with E-state index in [-0.39, 0.29) is 18.5 Å². The summed E-state index contributed by atoms with van der Waals surface area (Å²) >= 11 is 0. The van der Waals surface area contributed by atoms with Crippen molar-refractivity contribution < 1.29 is 9.21 Å². The highest BCUT2D eigenvalue weighted by Crippen LogP contribution is 2.53. The van der Waals surface area contributed by atoms with Crippen LogP contribution < -0.4 is 5.32 Å². The smallest absolute Gasteiger partial charge is 0.316 e. The van der Waals surface area contributed by atoms with Crippen molar-refractivity contribution in [2.24, 2.45) is 5.41 Å². The third kappa shape index (κ3) is 3.71. The van der Waals surface area contributed by atoms with Gasteiger partial charge in [-0.05, 0) is 73.6 Å². The Balaban J connectivity index is 1.14. The number of carbonyl (C=O) groups excluding carboxylic acids is 1. The zero-order valence-electron chi connectivity index (χ0n) is 17.5. The van der Waals surface area contributed by atoms with Crippen LogP contribution in [0.5, 0.6) is 0 Å². The van der Waals surface area contributed by atoms with E-state index >= 15 is 0 Å². The number of nitrogens with zero attached hydrogens (tertiary/aromatic N) is 5. The Labute approximate surface area is 180 Å². The molecule has 3 heterocycles. The molecule has 6 rings (SSSR count). The van der Waals surface area contributed by atoms with Crippen LogP contribution in [0.2, 0.25) is 0 Å². The number of likely N-dealkylation sites (tertiary alicyclic amines) is 1. The van der Waals surface area contributed by atoms with E-state index < -0.39 is 0 Å². The van der Waals surface area contributed by atoms with E-state index in [0.29, 0.717) is 17.2 Å². The van der Waals surface area contributed by atoms with Gasteiger partial charge in [0.05, 0.1) is 12.2 Å². The fourth-order valence-electron chi connectivity index (χ4n) is 4.61. The summed E-state index contributed by atoms with van der Waals surface area (Å²) < 4.78 is 7.69. The average molecular weight is 419 g/mol. The Morgan fingerprint density at radius 2 is 2.00 bits per heavy atom. The van der Waals surface area contributed by atoms with Crippen LogP contribution in [0.3, 0.4) is 0 Å². The number of rotatable bonds is 6. The highest BCUT2D eigenvalue weighted by Gasteiger charge is 2.45. The molecule has 3 aromatic rings. The summed E-state index contributed by atoms with van der Waals surface area (Å²) in [4.78, 5) is 14.5. The molecular formula is C23H26N6O2. The molecule has 0 unspecified atom stereocenters. The van der Waals surface area contributed by atoms with Crippen LogP contribution in [-0.2, 0) is 4.79 Å². The monoisotopic (exact) mass is 418 g/mol. The Bertz CT molecular complexity index is 1090. The SMILES string of the molecule is O=C(CNc1nnc(-c2ccc(C3CC3)c(-n3cccn3)c2)o1)N1CCC2(CC1)CC2. The van der Waals surface area contributed by atoms with Crippen LogP contribution in [0, 0.1) is 5.41 Å². The van der Waals surface area contributed by atoms with Crippen molar-refractivity contribution in [1.29, 1.82) is 0 Å². The molecule has 160 valence electrons. The zero-order valence-corrected chi connectivity index (χ0v) is 17.5. The van der Waals surface area contributed by atoms with E-state index in [4.69, 9.17) is 4.42 Å². The second kappa shape index (κ2) is 7.21. The number of piperidine rings is 1. The van der Waals surface area contributed by atoms with Crippen LogP contribution in [0.25, 0.3) is 17.1 Å². The molecule has 8 heteroatoms. The second-order valence-electron chi connectivity index (χ2n) is 9.15. The van der Waals surface area contributed by atoms with Gasteiger partial charge in [-0.25, -0.2) is 4.68 Å². The molecule has 2 saturated carbocycles. The number of hydrogen-bond donors (Lipinski definition) is 1. The summed E-state index contributed by atoms with van der Waals surface area (Å²) in [5.74, 6) is 1.12. The van der Waals surface area contributed by atoms with Crippen LogP contribution >= 0.6 is 0 Å². The van der Waals surface area contributed by atoms with Gasteiger partial charge in [0.15, 0.2) is 0 Å². The summed E-state index contributed by atoms with van der Waals surface area (Å²) in [5, 5.41) is 15.7. The molecule has 1 aliphatic heterocycles. The predicted octanol–water partition coefficient (Wildman–Crippen LogP) is 3.61. The molecule has 2 aliphatic carbocycles. The van der Waals surface area contributed by atoms with Gasteiger partial charge in [-0.3, -0.25) is 4.79 Å². The van der Waals surface area contributed by atoms with Gasteiger partial charge in [0, 0.05) is 31.0 Å². The molecule has 3 fully saturated rings. The maximum atomic E-state index is 12.5. The highest BCUT2D eigenvalue weighted by molar-refractivity contribution is 5.80. The number of benzene rings is 1. The lowest BCUT2D eigenvalue weighted by Gasteiger charge is -2.32. The van der Waals surface area contributed by atoms with E-state index in [1.165, 1.54) is 31.2 Å². The molecule has 1 aromatic carbocycles. The van der Waals surface area contributed by atoms with Crippen LogP contribution in [0.1, 0.15) is 50.0 Å². The van der Waals surface area contributed by atoms with E-state index in [1.54, 1.807) is 6.20 Å². The van der Waals surface area contributed by atoms with Crippen LogP contribution in [0.15, 0.2) is 41.1 Å². The van der Waals surface area contributed by atoms with Crippen LogP contribution in [0.4, 0.5) is 6.01 Å². The molecule has 1 spiro atoms. The Hall–Kier alpha value is -3.16. The normalized spacial score (nSPS) is 19.5. The topological polar surface area (TPSA) is 89.1 Å². The maximum absolute atomic E-state index is 12.5. The first-order valence-corrected chi connectivity index (χ1v) is 11.2. The zero-order chi connectivity index (χ0) is 20.8. The molecule has 2 aromatic heterocycles. The number of anilines is 1. The van der Waals surface area contributed by atoms with Crippen molar-refractivity contribution in [2.45, 2.75) is 44.4 Å². The quantitative estimate of drug-likeness (QED) is 0.658. The van der Waals surface area contributed by atoms with E-state index in [2.05, 4.69) is 26.7 Å². The summed E-state index contributed by atoms with van der Waals surface area (Å²) in [6, 6.07) is 8.39. The first-order valence-electron chi connectivity index (χ1n) is 11.2. The maximum Gasteiger partial charge on any atom is 0.316 e. The standard InChI is InChI=1S/C23H26N6O2/c30-20(28-12-8-23(6-7-23)9-13-28)15-24-22-27-26-21(31-22)17-4-5-18(16-2-3-16)19(14-17)29-11-1-10-25-29/h1,4-5,10-11,14,16H,2-3,6-9,12-13,15H2,(H,24,27). The van der Waals surface area contributed by atoms with E-state index in [9.17, 15) is 4.79 Å². The van der Waals surface area contributed by atoms with Crippen molar-refractivity contribution in [1.82, 2.24) is 24.9 Å². The minimum atomic E-state index is 0.0880. The van der Waals surface area contributed by atoms with Gasteiger partial charge < -0.3 is 14.6 Å². The molecule has 1 N–H and O–H groups in total. The minimum Gasteiger partial charge on any atom is -0.403 e. The molecule has 0 radical (unpaired) electrons. The first kappa shape index (κ1) is 18.6. The molecule has 1 saturated heterocycles. The Kier molecular flexibility index (Phi) is 4.33. The van der Waals surface area contributed by atoms with Gasteiger partial charge in [-0.2, -0.15) is 5.10 Å². The molecule has 8 nitrogen and oxygen atoms in total. The van der Waals surface area contributed by atoms with Crippen molar-refractivity contribution in [2.75, 3.05) is 25.0 Å². The van der Waals surface area contributed by atoms with E-state index in [1.807, 2.05) is 34.0 Å². The third-order valence-electron chi connectivity index (χ3n) is 7.00. The third-order valence-corrected chi connectivity index (χ3v) is 7.00. The van der Waals surface area contributed by atoms with Gasteiger partial charge in [-0.15, -0.1) is 5.10 Å². The molecule has 1 amide bonds. The Morgan fingerprint density at radius 3 is 2.71 bits per heavy atom. The van der Waals surface area contributed by atoms with Crippen molar-refractivity contribution in [3.63, 3.8) is 0 Å². The number of hydrogen-bond acceptors (Lipinski definition) is 6. The minimum absolute atomic E-state index is 0.0880. The average Bonchev–Trinajstić information content (AvgIpc) is 3.66. The fraction of sp³-hybridized carbons (Fsp3) is 0.478. The van der Waals surface area contributed by atoms with E-state index in [0.717, 1.165) is 37.2 Å². The molecule has 31 heavy (non-hydrogen) atoms. The number of aromatic nitrogens is 4. The van der Waals surface area contributed by atoms with Gasteiger partial charge in [0.1, 0.15) is 0 Å². The lowest BCUT2D eigenvalue weighted by Crippen LogP contribution is -2.41. The molecule has 3 aliphatic rings. The number of nitrogens with one attached hydrogen (secondary N) is 1. The lowest BCUT2D eigenvalue weighted by atomic mass is 9.94. The van der Waals surface area contributed by atoms with Crippen LogP contribution in [-0.4, -0.2) is 50.4 Å². The number of carbonyl (C=O) groups is 1. The summed E-state index contributed by atoms with van der Waals surface area (Å²) in [6.45, 7) is 1.89. The van der Waals surface area contributed by atoms with Crippen molar-refractivity contribution >= 4 is 11.9 Å².